The molecule has 3 rings (SSSR count). The Morgan fingerprint density at radius 3 is 2.67 bits per heavy atom. The fraction of sp³-hybridized carbons (Fsp3) is 0.364. The molecule has 0 radical (unpaired) electrons. The highest BCUT2D eigenvalue weighted by atomic mass is 79.9. The van der Waals surface area contributed by atoms with Crippen LogP contribution in [0.3, 0.4) is 0 Å². The largest absolute Gasteiger partial charge is 0.331 e. The molecular weight excluding hydrogens is 402 g/mol. The van der Waals surface area contributed by atoms with E-state index in [-0.39, 0.29) is 5.91 Å². The standard InChI is InChI=1S/C22H26BrN3O/c1-4-12-26-20-11-6-5-10-19(20)24-21(26)15-25(14-16(2)3)22(27)17-8-7-9-18(23)13-17/h5-11,13,16H,4,12,14-15H2,1-3H3. The van der Waals surface area contributed by atoms with Crippen molar-refractivity contribution in [2.45, 2.75) is 40.3 Å². The lowest BCUT2D eigenvalue weighted by Crippen LogP contribution is -2.34. The van der Waals surface area contributed by atoms with Gasteiger partial charge in [-0.2, -0.15) is 0 Å². The Balaban J connectivity index is 1.96. The molecule has 0 fully saturated rings. The number of amides is 1. The molecule has 0 bridgehead atoms. The molecule has 0 unspecified atom stereocenters. The number of para-hydroxylation sites is 2. The topological polar surface area (TPSA) is 38.1 Å². The fourth-order valence-electron chi connectivity index (χ4n) is 3.35. The van der Waals surface area contributed by atoms with Gasteiger partial charge in [0.05, 0.1) is 17.6 Å². The zero-order valence-corrected chi connectivity index (χ0v) is 17.7. The maximum absolute atomic E-state index is 13.2. The van der Waals surface area contributed by atoms with E-state index in [0.717, 1.165) is 34.3 Å². The highest BCUT2D eigenvalue weighted by Gasteiger charge is 2.21. The molecule has 0 N–H and O–H groups in total. The maximum atomic E-state index is 13.2. The Kier molecular flexibility index (Phi) is 6.32. The second-order valence-electron chi connectivity index (χ2n) is 7.26. The third-order valence-electron chi connectivity index (χ3n) is 4.46. The SMILES string of the molecule is CCCn1c(CN(CC(C)C)C(=O)c2cccc(Br)c2)nc2ccccc21. The summed E-state index contributed by atoms with van der Waals surface area (Å²) in [7, 11) is 0. The average molecular weight is 428 g/mol. The number of aryl methyl sites for hydroxylation is 1. The molecule has 1 aromatic heterocycles. The van der Waals surface area contributed by atoms with Gasteiger partial charge >= 0.3 is 0 Å². The van der Waals surface area contributed by atoms with Crippen molar-refractivity contribution in [3.05, 3.63) is 64.4 Å². The van der Waals surface area contributed by atoms with Crippen molar-refractivity contribution in [1.82, 2.24) is 14.5 Å². The minimum Gasteiger partial charge on any atom is -0.331 e. The Bertz CT molecular complexity index is 932. The summed E-state index contributed by atoms with van der Waals surface area (Å²) < 4.78 is 3.16. The van der Waals surface area contributed by atoms with Crippen molar-refractivity contribution >= 4 is 32.9 Å². The number of aromatic nitrogens is 2. The summed E-state index contributed by atoms with van der Waals surface area (Å²) in [4.78, 5) is 19.9. The van der Waals surface area contributed by atoms with Crippen LogP contribution in [0.1, 0.15) is 43.4 Å². The summed E-state index contributed by atoms with van der Waals surface area (Å²) in [6.07, 6.45) is 1.02. The molecule has 142 valence electrons. The predicted octanol–water partition coefficient (Wildman–Crippen LogP) is 5.51. The van der Waals surface area contributed by atoms with Gasteiger partial charge in [-0.3, -0.25) is 4.79 Å². The minimum absolute atomic E-state index is 0.0418. The van der Waals surface area contributed by atoms with E-state index in [1.54, 1.807) is 0 Å². The first kappa shape index (κ1) is 19.6. The van der Waals surface area contributed by atoms with Crippen LogP contribution >= 0.6 is 15.9 Å². The van der Waals surface area contributed by atoms with Gasteiger partial charge < -0.3 is 9.47 Å². The summed E-state index contributed by atoms with van der Waals surface area (Å²) in [5.41, 5.74) is 2.82. The summed E-state index contributed by atoms with van der Waals surface area (Å²) in [6.45, 7) is 8.54. The Morgan fingerprint density at radius 2 is 1.96 bits per heavy atom. The van der Waals surface area contributed by atoms with Crippen LogP contribution in [0, 0.1) is 5.92 Å². The van der Waals surface area contributed by atoms with E-state index in [1.807, 2.05) is 47.4 Å². The Hall–Kier alpha value is -2.14. The molecule has 0 aliphatic rings. The number of rotatable bonds is 7. The third kappa shape index (κ3) is 4.59. The third-order valence-corrected chi connectivity index (χ3v) is 4.95. The smallest absolute Gasteiger partial charge is 0.254 e. The van der Waals surface area contributed by atoms with Gasteiger partial charge in [0.2, 0.25) is 0 Å². The van der Waals surface area contributed by atoms with Gasteiger partial charge in [0, 0.05) is 23.1 Å². The molecule has 1 amide bonds. The predicted molar refractivity (Wildman–Crippen MR) is 114 cm³/mol. The molecular formula is C22H26BrN3O. The highest BCUT2D eigenvalue weighted by molar-refractivity contribution is 9.10. The number of fused-ring (bicyclic) bond motifs is 1. The zero-order valence-electron chi connectivity index (χ0n) is 16.2. The highest BCUT2D eigenvalue weighted by Crippen LogP contribution is 2.20. The monoisotopic (exact) mass is 427 g/mol. The first-order valence-corrected chi connectivity index (χ1v) is 10.3. The molecule has 0 spiro atoms. The number of nitrogens with zero attached hydrogens (tertiary/aromatic N) is 3. The van der Waals surface area contributed by atoms with Gasteiger partial charge in [-0.15, -0.1) is 0 Å². The van der Waals surface area contributed by atoms with Gasteiger partial charge in [0.25, 0.3) is 5.91 Å². The number of carbonyl (C=O) groups excluding carboxylic acids is 1. The molecule has 0 saturated heterocycles. The van der Waals surface area contributed by atoms with Crippen molar-refractivity contribution in [2.24, 2.45) is 5.92 Å². The number of carbonyl (C=O) groups is 1. The lowest BCUT2D eigenvalue weighted by Gasteiger charge is -2.25. The van der Waals surface area contributed by atoms with E-state index in [0.29, 0.717) is 24.6 Å². The molecule has 2 aromatic carbocycles. The second-order valence-corrected chi connectivity index (χ2v) is 8.17. The Labute approximate surface area is 169 Å². The van der Waals surface area contributed by atoms with Crippen LogP contribution < -0.4 is 0 Å². The van der Waals surface area contributed by atoms with Gasteiger partial charge in [0.15, 0.2) is 0 Å². The van der Waals surface area contributed by atoms with Crippen LogP contribution in [0.5, 0.6) is 0 Å². The number of hydrogen-bond donors (Lipinski definition) is 0. The summed E-state index contributed by atoms with van der Waals surface area (Å²) in [6, 6.07) is 15.8. The van der Waals surface area contributed by atoms with Crippen LogP contribution in [0.2, 0.25) is 0 Å². The molecule has 1 heterocycles. The molecule has 4 nitrogen and oxygen atoms in total. The van der Waals surface area contributed by atoms with E-state index in [2.05, 4.69) is 47.3 Å². The van der Waals surface area contributed by atoms with Crippen LogP contribution in [0.25, 0.3) is 11.0 Å². The number of halogens is 1. The molecule has 3 aromatic rings. The number of hydrogen-bond acceptors (Lipinski definition) is 2. The van der Waals surface area contributed by atoms with Crippen LogP contribution in [-0.2, 0) is 13.1 Å². The molecule has 0 aliphatic carbocycles. The summed E-state index contributed by atoms with van der Waals surface area (Å²) >= 11 is 3.47. The van der Waals surface area contributed by atoms with Crippen molar-refractivity contribution in [3.63, 3.8) is 0 Å². The van der Waals surface area contributed by atoms with Crippen molar-refractivity contribution in [3.8, 4) is 0 Å². The van der Waals surface area contributed by atoms with E-state index < -0.39 is 0 Å². The van der Waals surface area contributed by atoms with E-state index in [9.17, 15) is 4.79 Å². The summed E-state index contributed by atoms with van der Waals surface area (Å²) in [5.74, 6) is 1.37. The Morgan fingerprint density at radius 1 is 1.19 bits per heavy atom. The van der Waals surface area contributed by atoms with Crippen LogP contribution in [-0.4, -0.2) is 26.9 Å². The normalized spacial score (nSPS) is 11.3. The minimum atomic E-state index is 0.0418. The first-order chi connectivity index (χ1) is 13.0. The fourth-order valence-corrected chi connectivity index (χ4v) is 3.75. The van der Waals surface area contributed by atoms with Crippen LogP contribution in [0.4, 0.5) is 0 Å². The molecule has 0 saturated carbocycles. The number of imidazole rings is 1. The first-order valence-electron chi connectivity index (χ1n) is 9.48. The van der Waals surface area contributed by atoms with E-state index in [4.69, 9.17) is 4.98 Å². The molecule has 0 aliphatic heterocycles. The molecule has 0 atom stereocenters. The van der Waals surface area contributed by atoms with E-state index >= 15 is 0 Å². The average Bonchev–Trinajstić information content (AvgIpc) is 2.98. The number of benzene rings is 2. The van der Waals surface area contributed by atoms with Gasteiger partial charge in [-0.05, 0) is 42.7 Å². The van der Waals surface area contributed by atoms with Crippen molar-refractivity contribution in [1.29, 1.82) is 0 Å². The summed E-state index contributed by atoms with van der Waals surface area (Å²) in [5, 5.41) is 0. The van der Waals surface area contributed by atoms with Gasteiger partial charge in [-0.1, -0.05) is 54.9 Å². The lowest BCUT2D eigenvalue weighted by molar-refractivity contribution is 0.0716. The zero-order chi connectivity index (χ0) is 19.4. The lowest BCUT2D eigenvalue weighted by atomic mass is 10.1. The van der Waals surface area contributed by atoms with Crippen molar-refractivity contribution < 1.29 is 4.79 Å². The van der Waals surface area contributed by atoms with Gasteiger partial charge in [-0.25, -0.2) is 4.98 Å². The van der Waals surface area contributed by atoms with Crippen LogP contribution in [0.15, 0.2) is 53.0 Å². The van der Waals surface area contributed by atoms with Crippen molar-refractivity contribution in [2.75, 3.05) is 6.54 Å². The second kappa shape index (κ2) is 8.70. The molecule has 27 heavy (non-hydrogen) atoms. The molecule has 5 heteroatoms. The maximum Gasteiger partial charge on any atom is 0.254 e. The quantitative estimate of drug-likeness (QED) is 0.498. The van der Waals surface area contributed by atoms with Gasteiger partial charge in [0.1, 0.15) is 5.82 Å². The van der Waals surface area contributed by atoms with E-state index in [1.165, 1.54) is 0 Å².